The number of nitrogens with zero attached hydrogens (tertiary/aromatic N) is 2. The second-order valence-electron chi connectivity index (χ2n) is 8.01. The molecule has 3 aliphatic heterocycles. The number of carbonyl (C=O) groups is 1. The summed E-state index contributed by atoms with van der Waals surface area (Å²) < 4.78 is 5.49. The van der Waals surface area contributed by atoms with Crippen molar-refractivity contribution in [2.45, 2.75) is 51.1 Å². The first kappa shape index (κ1) is 17.0. The van der Waals surface area contributed by atoms with Crippen LogP contribution in [0.25, 0.3) is 0 Å². The van der Waals surface area contributed by atoms with Gasteiger partial charge in [0.25, 0.3) is 0 Å². The molecule has 136 valence electrons. The van der Waals surface area contributed by atoms with Gasteiger partial charge in [0.15, 0.2) is 0 Å². The maximum atomic E-state index is 12.8. The van der Waals surface area contributed by atoms with E-state index < -0.39 is 0 Å². The Kier molecular flexibility index (Phi) is 5.09. The second kappa shape index (κ2) is 7.46. The average molecular weight is 342 g/mol. The lowest BCUT2D eigenvalue weighted by atomic mass is 9.99. The molecule has 1 amide bonds. The van der Waals surface area contributed by atoms with Crippen LogP contribution in [0.1, 0.15) is 36.8 Å². The van der Waals surface area contributed by atoms with E-state index in [1.807, 2.05) is 0 Å². The van der Waals surface area contributed by atoms with Crippen LogP contribution in [0, 0.1) is 12.8 Å². The summed E-state index contributed by atoms with van der Waals surface area (Å²) in [6.07, 6.45) is 5.23. The summed E-state index contributed by atoms with van der Waals surface area (Å²) in [6.45, 7) is 7.22. The standard InChI is InChI=1S/C21H30N2O2/c1-16-2-4-17(5-3-16)14-21(24)23-11-7-19-20(23)6-10-22(19)15-18-8-12-25-13-9-18/h2-5,18-20H,6-15H2,1H3/t19-,20+/m0/s1. The molecule has 25 heavy (non-hydrogen) atoms. The van der Waals surface area contributed by atoms with Gasteiger partial charge in [0, 0.05) is 44.9 Å². The van der Waals surface area contributed by atoms with Gasteiger partial charge < -0.3 is 9.64 Å². The lowest BCUT2D eigenvalue weighted by Crippen LogP contribution is -2.41. The number of hydrogen-bond donors (Lipinski definition) is 0. The predicted molar refractivity (Wildman–Crippen MR) is 98.5 cm³/mol. The van der Waals surface area contributed by atoms with E-state index in [0.29, 0.717) is 24.4 Å². The van der Waals surface area contributed by atoms with Crippen molar-refractivity contribution >= 4 is 5.91 Å². The summed E-state index contributed by atoms with van der Waals surface area (Å²) in [6, 6.07) is 9.41. The van der Waals surface area contributed by atoms with Gasteiger partial charge in [-0.1, -0.05) is 29.8 Å². The van der Waals surface area contributed by atoms with Gasteiger partial charge in [-0.2, -0.15) is 0 Å². The van der Waals surface area contributed by atoms with E-state index in [1.165, 1.54) is 24.9 Å². The van der Waals surface area contributed by atoms with Gasteiger partial charge in [0.2, 0.25) is 5.91 Å². The number of amides is 1. The normalized spacial score (nSPS) is 27.6. The Labute approximate surface area is 151 Å². The molecule has 0 spiro atoms. The molecule has 4 nitrogen and oxygen atoms in total. The van der Waals surface area contributed by atoms with Crippen LogP contribution in [0.3, 0.4) is 0 Å². The minimum atomic E-state index is 0.310. The van der Waals surface area contributed by atoms with Crippen LogP contribution in [0.4, 0.5) is 0 Å². The van der Waals surface area contributed by atoms with Crippen molar-refractivity contribution in [2.75, 3.05) is 32.8 Å². The molecular formula is C21H30N2O2. The highest BCUT2D eigenvalue weighted by Crippen LogP contribution is 2.33. The van der Waals surface area contributed by atoms with Crippen molar-refractivity contribution in [3.05, 3.63) is 35.4 Å². The molecule has 3 heterocycles. The van der Waals surface area contributed by atoms with Crippen LogP contribution < -0.4 is 0 Å². The Morgan fingerprint density at radius 1 is 1.04 bits per heavy atom. The van der Waals surface area contributed by atoms with Crippen molar-refractivity contribution < 1.29 is 9.53 Å². The molecule has 1 aromatic carbocycles. The van der Waals surface area contributed by atoms with E-state index in [1.54, 1.807) is 0 Å². The first-order chi connectivity index (χ1) is 12.2. The van der Waals surface area contributed by atoms with E-state index in [2.05, 4.69) is 41.0 Å². The number of hydrogen-bond acceptors (Lipinski definition) is 3. The third-order valence-electron chi connectivity index (χ3n) is 6.32. The summed E-state index contributed by atoms with van der Waals surface area (Å²) in [5.74, 6) is 1.09. The molecule has 4 rings (SSSR count). The van der Waals surface area contributed by atoms with Crippen LogP contribution in [0.2, 0.25) is 0 Å². The summed E-state index contributed by atoms with van der Waals surface area (Å²) in [7, 11) is 0. The minimum absolute atomic E-state index is 0.310. The number of rotatable bonds is 4. The van der Waals surface area contributed by atoms with Crippen LogP contribution in [-0.2, 0) is 16.0 Å². The summed E-state index contributed by atoms with van der Waals surface area (Å²) in [5.41, 5.74) is 2.38. The number of benzene rings is 1. The Morgan fingerprint density at radius 2 is 1.76 bits per heavy atom. The molecule has 0 saturated carbocycles. The number of ether oxygens (including phenoxy) is 1. The van der Waals surface area contributed by atoms with Gasteiger partial charge in [0.05, 0.1) is 6.42 Å². The minimum Gasteiger partial charge on any atom is -0.381 e. The van der Waals surface area contributed by atoms with Crippen molar-refractivity contribution in [2.24, 2.45) is 5.92 Å². The third kappa shape index (κ3) is 3.75. The third-order valence-corrected chi connectivity index (χ3v) is 6.32. The first-order valence-electron chi connectivity index (χ1n) is 9.87. The van der Waals surface area contributed by atoms with E-state index in [-0.39, 0.29) is 0 Å². The monoisotopic (exact) mass is 342 g/mol. The highest BCUT2D eigenvalue weighted by atomic mass is 16.5. The molecule has 0 N–H and O–H groups in total. The van der Waals surface area contributed by atoms with E-state index >= 15 is 0 Å². The Balaban J connectivity index is 1.34. The summed E-state index contributed by atoms with van der Waals surface area (Å²) in [5, 5.41) is 0. The molecule has 4 heteroatoms. The number of fused-ring (bicyclic) bond motifs is 1. The van der Waals surface area contributed by atoms with Crippen LogP contribution in [0.15, 0.2) is 24.3 Å². The van der Waals surface area contributed by atoms with E-state index in [4.69, 9.17) is 4.74 Å². The molecule has 0 radical (unpaired) electrons. The maximum Gasteiger partial charge on any atom is 0.227 e. The zero-order valence-corrected chi connectivity index (χ0v) is 15.3. The van der Waals surface area contributed by atoms with Gasteiger partial charge in [0.1, 0.15) is 0 Å². The van der Waals surface area contributed by atoms with Crippen molar-refractivity contribution in [3.8, 4) is 0 Å². The van der Waals surface area contributed by atoms with Gasteiger partial charge in [-0.3, -0.25) is 9.69 Å². The van der Waals surface area contributed by atoms with Crippen LogP contribution in [0.5, 0.6) is 0 Å². The molecule has 0 aliphatic carbocycles. The van der Waals surface area contributed by atoms with E-state index in [9.17, 15) is 4.79 Å². The zero-order valence-electron chi connectivity index (χ0n) is 15.3. The zero-order chi connectivity index (χ0) is 17.2. The molecule has 0 unspecified atom stereocenters. The fourth-order valence-corrected chi connectivity index (χ4v) is 4.85. The maximum absolute atomic E-state index is 12.8. The second-order valence-corrected chi connectivity index (χ2v) is 8.01. The fourth-order valence-electron chi connectivity index (χ4n) is 4.85. The molecule has 2 atom stereocenters. The molecular weight excluding hydrogens is 312 g/mol. The van der Waals surface area contributed by atoms with Crippen molar-refractivity contribution in [1.82, 2.24) is 9.80 Å². The number of likely N-dealkylation sites (tertiary alicyclic amines) is 2. The quantitative estimate of drug-likeness (QED) is 0.843. The first-order valence-corrected chi connectivity index (χ1v) is 9.87. The Bertz CT molecular complexity index is 594. The van der Waals surface area contributed by atoms with Crippen LogP contribution in [-0.4, -0.2) is 60.6 Å². The molecule has 3 saturated heterocycles. The molecule has 3 fully saturated rings. The Morgan fingerprint density at radius 3 is 2.52 bits per heavy atom. The largest absolute Gasteiger partial charge is 0.381 e. The van der Waals surface area contributed by atoms with Crippen molar-refractivity contribution in [3.63, 3.8) is 0 Å². The molecule has 1 aromatic rings. The topological polar surface area (TPSA) is 32.8 Å². The predicted octanol–water partition coefficient (Wildman–Crippen LogP) is 2.64. The fraction of sp³-hybridized carbons (Fsp3) is 0.667. The van der Waals surface area contributed by atoms with E-state index in [0.717, 1.165) is 50.6 Å². The average Bonchev–Trinajstić information content (AvgIpc) is 3.21. The Hall–Kier alpha value is -1.39. The number of carbonyl (C=O) groups excluding carboxylic acids is 1. The van der Waals surface area contributed by atoms with Gasteiger partial charge in [-0.25, -0.2) is 0 Å². The van der Waals surface area contributed by atoms with Crippen LogP contribution >= 0.6 is 0 Å². The smallest absolute Gasteiger partial charge is 0.227 e. The highest BCUT2D eigenvalue weighted by molar-refractivity contribution is 5.79. The highest BCUT2D eigenvalue weighted by Gasteiger charge is 2.44. The molecule has 0 aromatic heterocycles. The van der Waals surface area contributed by atoms with Gasteiger partial charge >= 0.3 is 0 Å². The van der Waals surface area contributed by atoms with Gasteiger partial charge in [-0.15, -0.1) is 0 Å². The van der Waals surface area contributed by atoms with Crippen molar-refractivity contribution in [1.29, 1.82) is 0 Å². The molecule has 3 aliphatic rings. The van der Waals surface area contributed by atoms with Gasteiger partial charge in [-0.05, 0) is 44.1 Å². The number of aryl methyl sites for hydroxylation is 1. The molecule has 0 bridgehead atoms. The summed E-state index contributed by atoms with van der Waals surface area (Å²) >= 11 is 0. The SMILES string of the molecule is Cc1ccc(CC(=O)N2CC[C@H]3[C@H]2CCN3CC2CCOCC2)cc1. The lowest BCUT2D eigenvalue weighted by Gasteiger charge is -2.30. The lowest BCUT2D eigenvalue weighted by molar-refractivity contribution is -0.131. The summed E-state index contributed by atoms with van der Waals surface area (Å²) in [4.78, 5) is 17.7.